The SMILES string of the molecule is CC(C)C[C@@H](NC(=O)CC/C=C/c1ccccc1)C(=O)O. The minimum Gasteiger partial charge on any atom is -0.480 e. The van der Waals surface area contributed by atoms with Gasteiger partial charge in [-0.15, -0.1) is 0 Å². The number of carbonyl (C=O) groups is 2. The Balaban J connectivity index is 2.36. The van der Waals surface area contributed by atoms with Gasteiger partial charge in [-0.3, -0.25) is 4.79 Å². The van der Waals surface area contributed by atoms with Gasteiger partial charge in [0.2, 0.25) is 5.91 Å². The number of benzene rings is 1. The van der Waals surface area contributed by atoms with Crippen LogP contribution < -0.4 is 5.32 Å². The maximum Gasteiger partial charge on any atom is 0.326 e. The van der Waals surface area contributed by atoms with Gasteiger partial charge in [0.1, 0.15) is 6.04 Å². The number of rotatable bonds is 8. The second-order valence-electron chi connectivity index (χ2n) is 5.44. The summed E-state index contributed by atoms with van der Waals surface area (Å²) in [7, 11) is 0. The molecule has 0 saturated heterocycles. The van der Waals surface area contributed by atoms with E-state index in [9.17, 15) is 9.59 Å². The molecule has 0 unspecified atom stereocenters. The van der Waals surface area contributed by atoms with Gasteiger partial charge in [0.25, 0.3) is 0 Å². The van der Waals surface area contributed by atoms with Gasteiger partial charge >= 0.3 is 5.97 Å². The molecule has 0 bridgehead atoms. The van der Waals surface area contributed by atoms with Gasteiger partial charge < -0.3 is 10.4 Å². The summed E-state index contributed by atoms with van der Waals surface area (Å²) < 4.78 is 0. The quantitative estimate of drug-likeness (QED) is 0.773. The molecular weight excluding hydrogens is 266 g/mol. The van der Waals surface area contributed by atoms with Crippen LogP contribution >= 0.6 is 0 Å². The zero-order chi connectivity index (χ0) is 15.7. The first kappa shape index (κ1) is 17.0. The molecule has 0 aliphatic carbocycles. The first-order chi connectivity index (χ1) is 9.99. The van der Waals surface area contributed by atoms with E-state index in [1.54, 1.807) is 0 Å². The molecule has 0 spiro atoms. The van der Waals surface area contributed by atoms with E-state index < -0.39 is 12.0 Å². The largest absolute Gasteiger partial charge is 0.480 e. The fraction of sp³-hybridized carbons (Fsp3) is 0.412. The van der Waals surface area contributed by atoms with Crippen molar-refractivity contribution in [3.8, 4) is 0 Å². The van der Waals surface area contributed by atoms with Crippen LogP contribution in [0.3, 0.4) is 0 Å². The van der Waals surface area contributed by atoms with Crippen molar-refractivity contribution < 1.29 is 14.7 Å². The lowest BCUT2D eigenvalue weighted by Gasteiger charge is -2.16. The molecule has 0 radical (unpaired) electrons. The van der Waals surface area contributed by atoms with Gasteiger partial charge in [0.15, 0.2) is 0 Å². The number of carbonyl (C=O) groups excluding carboxylic acids is 1. The summed E-state index contributed by atoms with van der Waals surface area (Å²) in [4.78, 5) is 22.8. The molecule has 1 atom stereocenters. The second kappa shape index (κ2) is 8.95. The van der Waals surface area contributed by atoms with Crippen LogP contribution in [0.15, 0.2) is 36.4 Å². The molecule has 0 saturated carbocycles. The third-order valence-corrected chi connectivity index (χ3v) is 2.99. The Morgan fingerprint density at radius 3 is 2.48 bits per heavy atom. The van der Waals surface area contributed by atoms with Crippen LogP contribution in [0.4, 0.5) is 0 Å². The first-order valence-electron chi connectivity index (χ1n) is 7.22. The van der Waals surface area contributed by atoms with E-state index in [1.807, 2.05) is 56.3 Å². The number of hydrogen-bond acceptors (Lipinski definition) is 2. The normalized spacial score (nSPS) is 12.5. The fourth-order valence-electron chi connectivity index (χ4n) is 1.96. The van der Waals surface area contributed by atoms with Gasteiger partial charge in [0.05, 0.1) is 0 Å². The van der Waals surface area contributed by atoms with Crippen LogP contribution in [0, 0.1) is 5.92 Å². The van der Waals surface area contributed by atoms with E-state index in [0.717, 1.165) is 5.56 Å². The molecule has 21 heavy (non-hydrogen) atoms. The Morgan fingerprint density at radius 2 is 1.90 bits per heavy atom. The second-order valence-corrected chi connectivity index (χ2v) is 5.44. The van der Waals surface area contributed by atoms with E-state index >= 15 is 0 Å². The molecule has 1 rings (SSSR count). The Labute approximate surface area is 125 Å². The Morgan fingerprint density at radius 1 is 1.24 bits per heavy atom. The summed E-state index contributed by atoms with van der Waals surface area (Å²) in [5.41, 5.74) is 1.08. The highest BCUT2D eigenvalue weighted by molar-refractivity contribution is 5.83. The van der Waals surface area contributed by atoms with Crippen molar-refractivity contribution in [2.75, 3.05) is 0 Å². The monoisotopic (exact) mass is 289 g/mol. The molecule has 0 aliphatic rings. The number of amides is 1. The average Bonchev–Trinajstić information content (AvgIpc) is 2.43. The van der Waals surface area contributed by atoms with Crippen LogP contribution in [0.2, 0.25) is 0 Å². The Bertz CT molecular complexity index is 480. The molecule has 1 aromatic carbocycles. The number of hydrogen-bond donors (Lipinski definition) is 2. The lowest BCUT2D eigenvalue weighted by molar-refractivity contribution is -0.142. The van der Waals surface area contributed by atoms with Gasteiger partial charge in [-0.25, -0.2) is 4.79 Å². The fourth-order valence-corrected chi connectivity index (χ4v) is 1.96. The third-order valence-electron chi connectivity index (χ3n) is 2.99. The van der Waals surface area contributed by atoms with Gasteiger partial charge in [-0.05, 0) is 24.3 Å². The summed E-state index contributed by atoms with van der Waals surface area (Å²) in [5.74, 6) is -0.970. The zero-order valence-corrected chi connectivity index (χ0v) is 12.6. The number of nitrogens with one attached hydrogen (secondary N) is 1. The number of carboxylic acid groups (broad SMARTS) is 1. The van der Waals surface area contributed by atoms with Crippen LogP contribution in [-0.4, -0.2) is 23.0 Å². The molecule has 0 fully saturated rings. The summed E-state index contributed by atoms with van der Waals surface area (Å²) in [6.07, 6.45) is 5.21. The van der Waals surface area contributed by atoms with Crippen LogP contribution in [-0.2, 0) is 9.59 Å². The van der Waals surface area contributed by atoms with Crippen molar-refractivity contribution >= 4 is 18.0 Å². The van der Waals surface area contributed by atoms with Gasteiger partial charge in [0, 0.05) is 6.42 Å². The maximum atomic E-state index is 11.7. The minimum absolute atomic E-state index is 0.222. The third kappa shape index (κ3) is 7.30. The minimum atomic E-state index is -0.975. The highest BCUT2D eigenvalue weighted by Crippen LogP contribution is 2.06. The zero-order valence-electron chi connectivity index (χ0n) is 12.6. The molecule has 114 valence electrons. The van der Waals surface area contributed by atoms with E-state index in [-0.39, 0.29) is 11.8 Å². The van der Waals surface area contributed by atoms with Crippen molar-refractivity contribution in [3.05, 3.63) is 42.0 Å². The maximum absolute atomic E-state index is 11.7. The van der Waals surface area contributed by atoms with E-state index in [0.29, 0.717) is 19.3 Å². The molecular formula is C17H23NO3. The number of allylic oxidation sites excluding steroid dienone is 1. The highest BCUT2D eigenvalue weighted by Gasteiger charge is 2.20. The highest BCUT2D eigenvalue weighted by atomic mass is 16.4. The lowest BCUT2D eigenvalue weighted by atomic mass is 10.0. The predicted molar refractivity (Wildman–Crippen MR) is 83.7 cm³/mol. The summed E-state index contributed by atoms with van der Waals surface area (Å²) in [6, 6.07) is 9.03. The molecule has 0 aliphatic heterocycles. The topological polar surface area (TPSA) is 66.4 Å². The van der Waals surface area contributed by atoms with Crippen molar-refractivity contribution in [2.45, 2.75) is 39.2 Å². The van der Waals surface area contributed by atoms with E-state index in [2.05, 4.69) is 5.32 Å². The van der Waals surface area contributed by atoms with Crippen LogP contribution in [0.25, 0.3) is 6.08 Å². The van der Waals surface area contributed by atoms with E-state index in [1.165, 1.54) is 0 Å². The van der Waals surface area contributed by atoms with Crippen molar-refractivity contribution in [1.82, 2.24) is 5.32 Å². The first-order valence-corrected chi connectivity index (χ1v) is 7.22. The molecule has 1 aromatic rings. The molecule has 4 nitrogen and oxygen atoms in total. The Kier molecular flexibility index (Phi) is 7.23. The van der Waals surface area contributed by atoms with Crippen LogP contribution in [0.1, 0.15) is 38.7 Å². The molecule has 1 amide bonds. The Hall–Kier alpha value is -2.10. The lowest BCUT2D eigenvalue weighted by Crippen LogP contribution is -2.41. The van der Waals surface area contributed by atoms with Crippen molar-refractivity contribution in [1.29, 1.82) is 0 Å². The van der Waals surface area contributed by atoms with Gasteiger partial charge in [-0.1, -0.05) is 56.3 Å². The summed E-state index contributed by atoms with van der Waals surface area (Å²) >= 11 is 0. The predicted octanol–water partition coefficient (Wildman–Crippen LogP) is 3.10. The molecule has 4 heteroatoms. The molecule has 0 heterocycles. The average molecular weight is 289 g/mol. The molecule has 2 N–H and O–H groups in total. The standard InChI is InChI=1S/C17H23NO3/c1-13(2)12-15(17(20)21)18-16(19)11-7-6-10-14-8-4-3-5-9-14/h3-6,8-10,13,15H,7,11-12H2,1-2H3,(H,18,19)(H,20,21)/b10-6+/t15-/m1/s1. The van der Waals surface area contributed by atoms with Crippen molar-refractivity contribution in [2.24, 2.45) is 5.92 Å². The van der Waals surface area contributed by atoms with Gasteiger partial charge in [-0.2, -0.15) is 0 Å². The summed E-state index contributed by atoms with van der Waals surface area (Å²) in [5, 5.41) is 11.6. The van der Waals surface area contributed by atoms with E-state index in [4.69, 9.17) is 5.11 Å². The van der Waals surface area contributed by atoms with Crippen molar-refractivity contribution in [3.63, 3.8) is 0 Å². The smallest absolute Gasteiger partial charge is 0.326 e. The summed E-state index contributed by atoms with van der Waals surface area (Å²) in [6.45, 7) is 3.87. The number of carboxylic acids is 1. The van der Waals surface area contributed by atoms with Crippen LogP contribution in [0.5, 0.6) is 0 Å². The number of aliphatic carboxylic acids is 1. The molecule has 0 aromatic heterocycles.